The molecule has 0 aliphatic carbocycles. The monoisotopic (exact) mass is 278 g/mol. The van der Waals surface area contributed by atoms with Gasteiger partial charge in [0.2, 0.25) is 0 Å². The molecule has 2 unspecified atom stereocenters. The molecule has 1 heterocycles. The van der Waals surface area contributed by atoms with Gasteiger partial charge in [-0.05, 0) is 38.0 Å². The van der Waals surface area contributed by atoms with Gasteiger partial charge in [-0.2, -0.15) is 0 Å². The second-order valence-electron chi connectivity index (χ2n) is 5.20. The summed E-state index contributed by atoms with van der Waals surface area (Å²) in [6.45, 7) is 2.74. The van der Waals surface area contributed by atoms with E-state index in [2.05, 4.69) is 0 Å². The molecule has 1 aliphatic heterocycles. The summed E-state index contributed by atoms with van der Waals surface area (Å²) < 4.78 is 10.4. The Balaban J connectivity index is 2.20. The normalized spacial score (nSPS) is 22.5. The minimum absolute atomic E-state index is 0.0188. The molecule has 1 aromatic rings. The van der Waals surface area contributed by atoms with Crippen LogP contribution >= 0.6 is 0 Å². The molecule has 2 rings (SSSR count). The highest BCUT2D eigenvalue weighted by Gasteiger charge is 2.28. The van der Waals surface area contributed by atoms with Crippen molar-refractivity contribution in [3.8, 4) is 11.5 Å². The van der Waals surface area contributed by atoms with E-state index in [9.17, 15) is 4.79 Å². The predicted molar refractivity (Wildman–Crippen MR) is 77.3 cm³/mol. The summed E-state index contributed by atoms with van der Waals surface area (Å²) in [7, 11) is 3.14. The molecule has 110 valence electrons. The van der Waals surface area contributed by atoms with Crippen molar-refractivity contribution in [3.05, 3.63) is 23.8 Å². The van der Waals surface area contributed by atoms with Crippen LogP contribution in [0, 0.1) is 0 Å². The zero-order chi connectivity index (χ0) is 14.7. The van der Waals surface area contributed by atoms with Crippen molar-refractivity contribution in [2.75, 3.05) is 20.8 Å². The van der Waals surface area contributed by atoms with E-state index in [4.69, 9.17) is 15.2 Å². The Morgan fingerprint density at radius 1 is 1.30 bits per heavy atom. The molecule has 2 N–H and O–H groups in total. The van der Waals surface area contributed by atoms with E-state index < -0.39 is 0 Å². The van der Waals surface area contributed by atoms with Gasteiger partial charge in [0.15, 0.2) is 11.5 Å². The number of methoxy groups -OCH3 is 2. The maximum absolute atomic E-state index is 12.6. The van der Waals surface area contributed by atoms with Crippen molar-refractivity contribution in [2.45, 2.75) is 31.8 Å². The molecular formula is C15H22N2O3. The van der Waals surface area contributed by atoms with E-state index in [1.54, 1.807) is 32.4 Å². The van der Waals surface area contributed by atoms with Gasteiger partial charge in [0.25, 0.3) is 5.91 Å². The molecule has 1 amide bonds. The molecule has 5 nitrogen and oxygen atoms in total. The third-order valence-electron chi connectivity index (χ3n) is 3.81. The number of rotatable bonds is 3. The second-order valence-corrected chi connectivity index (χ2v) is 5.20. The molecular weight excluding hydrogens is 256 g/mol. The lowest BCUT2D eigenvalue weighted by molar-refractivity contribution is 0.0618. The summed E-state index contributed by atoms with van der Waals surface area (Å²) in [4.78, 5) is 14.5. The summed E-state index contributed by atoms with van der Waals surface area (Å²) in [6.07, 6.45) is 1.70. The van der Waals surface area contributed by atoms with Gasteiger partial charge < -0.3 is 20.1 Å². The molecule has 0 radical (unpaired) electrons. The van der Waals surface area contributed by atoms with Gasteiger partial charge in [-0.1, -0.05) is 0 Å². The summed E-state index contributed by atoms with van der Waals surface area (Å²) in [5, 5.41) is 0. The number of amides is 1. The minimum atomic E-state index is 0.0188. The van der Waals surface area contributed by atoms with E-state index in [0.717, 1.165) is 12.8 Å². The molecule has 1 fully saturated rings. The van der Waals surface area contributed by atoms with Crippen LogP contribution in [0.5, 0.6) is 11.5 Å². The Hall–Kier alpha value is -1.75. The van der Waals surface area contributed by atoms with E-state index in [-0.39, 0.29) is 18.0 Å². The average Bonchev–Trinajstić information content (AvgIpc) is 2.45. The van der Waals surface area contributed by atoms with Crippen LogP contribution in [0.1, 0.15) is 30.1 Å². The lowest BCUT2D eigenvalue weighted by Crippen LogP contribution is -2.48. The van der Waals surface area contributed by atoms with Gasteiger partial charge in [0.1, 0.15) is 0 Å². The lowest BCUT2D eigenvalue weighted by atomic mass is 9.98. The molecule has 5 heteroatoms. The largest absolute Gasteiger partial charge is 0.493 e. The van der Waals surface area contributed by atoms with Crippen molar-refractivity contribution in [2.24, 2.45) is 5.73 Å². The third-order valence-corrected chi connectivity index (χ3v) is 3.81. The number of carbonyl (C=O) groups is 1. The number of benzene rings is 1. The highest BCUT2D eigenvalue weighted by molar-refractivity contribution is 5.95. The van der Waals surface area contributed by atoms with E-state index >= 15 is 0 Å². The second kappa shape index (κ2) is 6.13. The van der Waals surface area contributed by atoms with E-state index in [0.29, 0.717) is 23.6 Å². The van der Waals surface area contributed by atoms with Crippen molar-refractivity contribution in [1.29, 1.82) is 0 Å². The van der Waals surface area contributed by atoms with Gasteiger partial charge in [0.05, 0.1) is 14.2 Å². The molecule has 0 bridgehead atoms. The van der Waals surface area contributed by atoms with Crippen molar-refractivity contribution < 1.29 is 14.3 Å². The molecule has 1 aromatic carbocycles. The first-order valence-corrected chi connectivity index (χ1v) is 6.85. The van der Waals surface area contributed by atoms with Crippen LogP contribution in [-0.4, -0.2) is 43.7 Å². The molecule has 0 spiro atoms. The number of hydrogen-bond donors (Lipinski definition) is 1. The SMILES string of the molecule is COc1ccc(C(=O)N2CCC(N)CC2C)cc1OC. The van der Waals surface area contributed by atoms with Crippen molar-refractivity contribution in [3.63, 3.8) is 0 Å². The Bertz CT molecular complexity index is 490. The van der Waals surface area contributed by atoms with Gasteiger partial charge in [-0.25, -0.2) is 0 Å². The highest BCUT2D eigenvalue weighted by atomic mass is 16.5. The summed E-state index contributed by atoms with van der Waals surface area (Å²) >= 11 is 0. The molecule has 0 aromatic heterocycles. The highest BCUT2D eigenvalue weighted by Crippen LogP contribution is 2.29. The Morgan fingerprint density at radius 3 is 2.60 bits per heavy atom. The topological polar surface area (TPSA) is 64.8 Å². The van der Waals surface area contributed by atoms with Crippen molar-refractivity contribution in [1.82, 2.24) is 4.90 Å². The number of carbonyl (C=O) groups excluding carboxylic acids is 1. The standard InChI is InChI=1S/C15H22N2O3/c1-10-8-12(16)6-7-17(10)15(18)11-4-5-13(19-2)14(9-11)20-3/h4-5,9-10,12H,6-8,16H2,1-3H3. The fourth-order valence-corrected chi connectivity index (χ4v) is 2.65. The van der Waals surface area contributed by atoms with Crippen LogP contribution in [0.15, 0.2) is 18.2 Å². The van der Waals surface area contributed by atoms with E-state index in [1.165, 1.54) is 0 Å². The summed E-state index contributed by atoms with van der Waals surface area (Å²) in [6, 6.07) is 5.61. The average molecular weight is 278 g/mol. The number of ether oxygens (including phenoxy) is 2. The van der Waals surface area contributed by atoms with Crippen LogP contribution in [0.25, 0.3) is 0 Å². The number of likely N-dealkylation sites (tertiary alicyclic amines) is 1. The Labute approximate surface area is 119 Å². The lowest BCUT2D eigenvalue weighted by Gasteiger charge is -2.36. The van der Waals surface area contributed by atoms with Crippen molar-refractivity contribution >= 4 is 5.91 Å². The third kappa shape index (κ3) is 2.88. The maximum atomic E-state index is 12.6. The van der Waals surface area contributed by atoms with Gasteiger partial charge in [-0.15, -0.1) is 0 Å². The number of piperidine rings is 1. The first-order valence-electron chi connectivity index (χ1n) is 6.85. The van der Waals surface area contributed by atoms with Crippen LogP contribution < -0.4 is 15.2 Å². The van der Waals surface area contributed by atoms with Crippen LogP contribution in [0.2, 0.25) is 0 Å². The molecule has 2 atom stereocenters. The summed E-state index contributed by atoms with van der Waals surface area (Å²) in [5.74, 6) is 1.21. The van der Waals surface area contributed by atoms with Gasteiger partial charge in [0, 0.05) is 24.2 Å². The van der Waals surface area contributed by atoms with Crippen LogP contribution in [0.3, 0.4) is 0 Å². The van der Waals surface area contributed by atoms with Crippen LogP contribution in [-0.2, 0) is 0 Å². The Morgan fingerprint density at radius 2 is 2.00 bits per heavy atom. The molecule has 20 heavy (non-hydrogen) atoms. The summed E-state index contributed by atoms with van der Waals surface area (Å²) in [5.41, 5.74) is 6.55. The maximum Gasteiger partial charge on any atom is 0.254 e. The minimum Gasteiger partial charge on any atom is -0.493 e. The molecule has 0 saturated carbocycles. The number of hydrogen-bond acceptors (Lipinski definition) is 4. The number of nitrogens with zero attached hydrogens (tertiary/aromatic N) is 1. The fourth-order valence-electron chi connectivity index (χ4n) is 2.65. The quantitative estimate of drug-likeness (QED) is 0.913. The van der Waals surface area contributed by atoms with Crippen LogP contribution in [0.4, 0.5) is 0 Å². The van der Waals surface area contributed by atoms with Gasteiger partial charge in [-0.3, -0.25) is 4.79 Å². The predicted octanol–water partition coefficient (Wildman–Crippen LogP) is 1.66. The molecule has 1 aliphatic rings. The number of nitrogens with two attached hydrogens (primary N) is 1. The smallest absolute Gasteiger partial charge is 0.254 e. The fraction of sp³-hybridized carbons (Fsp3) is 0.533. The zero-order valence-corrected chi connectivity index (χ0v) is 12.3. The Kier molecular flexibility index (Phi) is 4.49. The first kappa shape index (κ1) is 14.7. The van der Waals surface area contributed by atoms with E-state index in [1.807, 2.05) is 11.8 Å². The van der Waals surface area contributed by atoms with Gasteiger partial charge >= 0.3 is 0 Å². The first-order chi connectivity index (χ1) is 9.56. The molecule has 1 saturated heterocycles. The zero-order valence-electron chi connectivity index (χ0n) is 12.3.